The molecule has 0 unspecified atom stereocenters. The highest BCUT2D eigenvalue weighted by atomic mass is 16.7. The van der Waals surface area contributed by atoms with E-state index in [4.69, 9.17) is 9.47 Å². The zero-order valence-corrected chi connectivity index (χ0v) is 14.1. The molecule has 128 valence electrons. The highest BCUT2D eigenvalue weighted by Gasteiger charge is 2.42. The van der Waals surface area contributed by atoms with Gasteiger partial charge >= 0.3 is 0 Å². The summed E-state index contributed by atoms with van der Waals surface area (Å²) in [4.78, 5) is 26.7. The second-order valence-electron chi connectivity index (χ2n) is 7.24. The lowest BCUT2D eigenvalue weighted by atomic mass is 9.85. The van der Waals surface area contributed by atoms with Crippen LogP contribution in [0.2, 0.25) is 0 Å². The molecule has 0 bridgehead atoms. The first-order chi connectivity index (χ1) is 11.4. The second-order valence-corrected chi connectivity index (χ2v) is 7.24. The number of hydrogen-bond acceptors (Lipinski definition) is 4. The van der Waals surface area contributed by atoms with Gasteiger partial charge in [-0.05, 0) is 37.6 Å². The SMILES string of the molecule is CC1(C)C(=O)Nc2ccc(C(=O)N3CCC4(CC3)OCCO4)cc21. The fourth-order valence-electron chi connectivity index (χ4n) is 3.72. The lowest BCUT2D eigenvalue weighted by molar-refractivity contribution is -0.181. The van der Waals surface area contributed by atoms with E-state index in [0.717, 1.165) is 11.3 Å². The molecule has 24 heavy (non-hydrogen) atoms. The summed E-state index contributed by atoms with van der Waals surface area (Å²) in [7, 11) is 0. The third-order valence-electron chi connectivity index (χ3n) is 5.38. The monoisotopic (exact) mass is 330 g/mol. The summed E-state index contributed by atoms with van der Waals surface area (Å²) in [5.74, 6) is -0.508. The molecular weight excluding hydrogens is 308 g/mol. The number of likely N-dealkylation sites (tertiary alicyclic amines) is 1. The summed E-state index contributed by atoms with van der Waals surface area (Å²) in [6, 6.07) is 5.46. The number of anilines is 1. The molecule has 0 aromatic heterocycles. The first-order valence-corrected chi connectivity index (χ1v) is 8.45. The Morgan fingerprint density at radius 2 is 1.83 bits per heavy atom. The molecule has 3 heterocycles. The molecular formula is C18H22N2O4. The fraction of sp³-hybridized carbons (Fsp3) is 0.556. The largest absolute Gasteiger partial charge is 0.347 e. The van der Waals surface area contributed by atoms with Gasteiger partial charge in [-0.25, -0.2) is 0 Å². The van der Waals surface area contributed by atoms with E-state index in [1.165, 1.54) is 0 Å². The van der Waals surface area contributed by atoms with Crippen molar-refractivity contribution in [1.29, 1.82) is 0 Å². The third kappa shape index (κ3) is 2.32. The minimum absolute atomic E-state index is 0.000737. The Hall–Kier alpha value is -1.92. The number of fused-ring (bicyclic) bond motifs is 1. The number of nitrogens with one attached hydrogen (secondary N) is 1. The summed E-state index contributed by atoms with van der Waals surface area (Å²) in [5.41, 5.74) is 1.70. The molecule has 1 N–H and O–H groups in total. The van der Waals surface area contributed by atoms with Crippen LogP contribution in [0.5, 0.6) is 0 Å². The van der Waals surface area contributed by atoms with Crippen molar-refractivity contribution < 1.29 is 19.1 Å². The number of hydrogen-bond donors (Lipinski definition) is 1. The van der Waals surface area contributed by atoms with E-state index < -0.39 is 11.2 Å². The Balaban J connectivity index is 1.52. The van der Waals surface area contributed by atoms with Crippen LogP contribution in [0.3, 0.4) is 0 Å². The molecule has 1 spiro atoms. The molecule has 2 amide bonds. The minimum atomic E-state index is -0.608. The molecule has 1 aromatic carbocycles. The number of ether oxygens (including phenoxy) is 2. The van der Waals surface area contributed by atoms with Gasteiger partial charge in [0.25, 0.3) is 5.91 Å². The molecule has 0 atom stereocenters. The van der Waals surface area contributed by atoms with Crippen LogP contribution in [0.1, 0.15) is 42.6 Å². The number of rotatable bonds is 1. The lowest BCUT2D eigenvalue weighted by Crippen LogP contribution is -2.47. The molecule has 6 heteroatoms. The summed E-state index contributed by atoms with van der Waals surface area (Å²) in [5, 5.41) is 2.87. The second kappa shape index (κ2) is 5.29. The standard InChI is InChI=1S/C18H22N2O4/c1-17(2)13-11-12(3-4-14(13)19-16(17)22)15(21)20-7-5-18(6-8-20)23-9-10-24-18/h3-4,11H,5-10H2,1-2H3,(H,19,22). The van der Waals surface area contributed by atoms with Crippen molar-refractivity contribution in [3.63, 3.8) is 0 Å². The van der Waals surface area contributed by atoms with Crippen molar-refractivity contribution in [3.05, 3.63) is 29.3 Å². The predicted molar refractivity (Wildman–Crippen MR) is 87.9 cm³/mol. The van der Waals surface area contributed by atoms with Crippen molar-refractivity contribution in [1.82, 2.24) is 4.90 Å². The van der Waals surface area contributed by atoms with E-state index in [9.17, 15) is 9.59 Å². The Bertz CT molecular complexity index is 697. The van der Waals surface area contributed by atoms with Gasteiger partial charge in [-0.3, -0.25) is 9.59 Å². The minimum Gasteiger partial charge on any atom is -0.347 e. The highest BCUT2D eigenvalue weighted by molar-refractivity contribution is 6.07. The maximum atomic E-state index is 12.8. The van der Waals surface area contributed by atoms with Gasteiger partial charge < -0.3 is 19.7 Å². The van der Waals surface area contributed by atoms with Crippen LogP contribution >= 0.6 is 0 Å². The van der Waals surface area contributed by atoms with Crippen molar-refractivity contribution in [2.75, 3.05) is 31.6 Å². The number of nitrogens with zero attached hydrogens (tertiary/aromatic N) is 1. The van der Waals surface area contributed by atoms with Crippen LogP contribution in [0.25, 0.3) is 0 Å². The zero-order chi connectivity index (χ0) is 16.9. The first-order valence-electron chi connectivity index (χ1n) is 8.45. The molecule has 3 aliphatic rings. The quantitative estimate of drug-likeness (QED) is 0.854. The van der Waals surface area contributed by atoms with Gasteiger partial charge in [0.05, 0.1) is 18.6 Å². The van der Waals surface area contributed by atoms with Gasteiger partial charge in [0, 0.05) is 37.2 Å². The highest BCUT2D eigenvalue weighted by Crippen LogP contribution is 2.38. The lowest BCUT2D eigenvalue weighted by Gasteiger charge is -2.37. The van der Waals surface area contributed by atoms with Gasteiger partial charge in [0.15, 0.2) is 5.79 Å². The van der Waals surface area contributed by atoms with Crippen LogP contribution in [-0.2, 0) is 19.7 Å². The van der Waals surface area contributed by atoms with E-state index in [-0.39, 0.29) is 11.8 Å². The number of piperidine rings is 1. The van der Waals surface area contributed by atoms with Crippen molar-refractivity contribution >= 4 is 17.5 Å². The van der Waals surface area contributed by atoms with Crippen LogP contribution in [0, 0.1) is 0 Å². The fourth-order valence-corrected chi connectivity index (χ4v) is 3.72. The average Bonchev–Trinajstić information content (AvgIpc) is 3.11. The first kappa shape index (κ1) is 15.6. The zero-order valence-electron chi connectivity index (χ0n) is 14.1. The molecule has 0 radical (unpaired) electrons. The van der Waals surface area contributed by atoms with E-state index in [2.05, 4.69) is 5.32 Å². The summed E-state index contributed by atoms with van der Waals surface area (Å²) in [6.07, 6.45) is 1.41. The van der Waals surface area contributed by atoms with Gasteiger partial charge in [-0.1, -0.05) is 0 Å². The maximum absolute atomic E-state index is 12.8. The molecule has 6 nitrogen and oxygen atoms in total. The molecule has 0 saturated carbocycles. The normalized spacial score (nSPS) is 24.1. The number of amides is 2. The number of carbonyl (C=O) groups excluding carboxylic acids is 2. The Morgan fingerprint density at radius 3 is 2.50 bits per heavy atom. The Morgan fingerprint density at radius 1 is 1.17 bits per heavy atom. The maximum Gasteiger partial charge on any atom is 0.253 e. The van der Waals surface area contributed by atoms with Gasteiger partial charge in [-0.2, -0.15) is 0 Å². The Labute approximate surface area is 141 Å². The van der Waals surface area contributed by atoms with Crippen LogP contribution in [0.15, 0.2) is 18.2 Å². The third-order valence-corrected chi connectivity index (χ3v) is 5.38. The topological polar surface area (TPSA) is 67.9 Å². The molecule has 2 saturated heterocycles. The van der Waals surface area contributed by atoms with Crippen LogP contribution in [-0.4, -0.2) is 48.8 Å². The summed E-state index contributed by atoms with van der Waals surface area (Å²) >= 11 is 0. The average molecular weight is 330 g/mol. The van der Waals surface area contributed by atoms with Crippen molar-refractivity contribution in [2.45, 2.75) is 37.9 Å². The van der Waals surface area contributed by atoms with E-state index >= 15 is 0 Å². The van der Waals surface area contributed by atoms with E-state index in [0.29, 0.717) is 44.7 Å². The molecule has 1 aromatic rings. The van der Waals surface area contributed by atoms with Gasteiger partial charge in [0.1, 0.15) is 0 Å². The summed E-state index contributed by atoms with van der Waals surface area (Å²) < 4.78 is 11.4. The summed E-state index contributed by atoms with van der Waals surface area (Å²) in [6.45, 7) is 6.26. The van der Waals surface area contributed by atoms with E-state index in [1.807, 2.05) is 30.9 Å². The van der Waals surface area contributed by atoms with Crippen molar-refractivity contribution in [3.8, 4) is 0 Å². The molecule has 4 rings (SSSR count). The smallest absolute Gasteiger partial charge is 0.253 e. The number of benzene rings is 1. The molecule has 2 fully saturated rings. The van der Waals surface area contributed by atoms with E-state index in [1.54, 1.807) is 6.07 Å². The predicted octanol–water partition coefficient (Wildman–Crippen LogP) is 1.90. The van der Waals surface area contributed by atoms with Crippen LogP contribution in [0.4, 0.5) is 5.69 Å². The Kier molecular flexibility index (Phi) is 3.44. The number of carbonyl (C=O) groups is 2. The van der Waals surface area contributed by atoms with Crippen LogP contribution < -0.4 is 5.32 Å². The van der Waals surface area contributed by atoms with Gasteiger partial charge in [0.2, 0.25) is 5.91 Å². The van der Waals surface area contributed by atoms with Crippen molar-refractivity contribution in [2.24, 2.45) is 0 Å². The molecule has 3 aliphatic heterocycles. The van der Waals surface area contributed by atoms with Gasteiger partial charge in [-0.15, -0.1) is 0 Å². The molecule has 0 aliphatic carbocycles.